The highest BCUT2D eigenvalue weighted by Crippen LogP contribution is 2.21. The van der Waals surface area contributed by atoms with Crippen molar-refractivity contribution in [3.63, 3.8) is 0 Å². The van der Waals surface area contributed by atoms with E-state index in [1.807, 2.05) is 31.2 Å². The number of para-hydroxylation sites is 1. The molecule has 18 heavy (non-hydrogen) atoms. The summed E-state index contributed by atoms with van der Waals surface area (Å²) in [6, 6.07) is 14.5. The van der Waals surface area contributed by atoms with Crippen molar-refractivity contribution in [2.24, 2.45) is 0 Å². The molecular formula is C15H18O3. The fraction of sp³-hybridized carbons (Fsp3) is 0.200. The Morgan fingerprint density at radius 2 is 1.33 bits per heavy atom. The van der Waals surface area contributed by atoms with Gasteiger partial charge in [-0.3, -0.25) is 0 Å². The van der Waals surface area contributed by atoms with Gasteiger partial charge in [0.1, 0.15) is 17.2 Å². The van der Waals surface area contributed by atoms with Crippen LogP contribution in [0.1, 0.15) is 5.56 Å². The number of ether oxygens (including phenoxy) is 2. The molecule has 2 aromatic rings. The van der Waals surface area contributed by atoms with Crippen molar-refractivity contribution in [3.8, 4) is 17.2 Å². The van der Waals surface area contributed by atoms with Crippen LogP contribution in [0.5, 0.6) is 17.2 Å². The number of hydrogen-bond donors (Lipinski definition) is 1. The summed E-state index contributed by atoms with van der Waals surface area (Å²) < 4.78 is 10.1. The lowest BCUT2D eigenvalue weighted by molar-refractivity contribution is 0.394. The maximum atomic E-state index is 8.63. The van der Waals surface area contributed by atoms with Crippen LogP contribution in [0.15, 0.2) is 48.5 Å². The average Bonchev–Trinajstić information content (AvgIpc) is 2.39. The second-order valence-corrected chi connectivity index (χ2v) is 3.73. The van der Waals surface area contributed by atoms with Gasteiger partial charge in [-0.05, 0) is 36.8 Å². The van der Waals surface area contributed by atoms with Gasteiger partial charge >= 0.3 is 0 Å². The molecule has 0 spiro atoms. The number of methoxy groups -OCH3 is 2. The molecule has 0 aliphatic carbocycles. The zero-order valence-electron chi connectivity index (χ0n) is 10.9. The molecule has 0 radical (unpaired) electrons. The summed E-state index contributed by atoms with van der Waals surface area (Å²) in [5.74, 6) is 1.99. The van der Waals surface area contributed by atoms with Gasteiger partial charge in [-0.15, -0.1) is 0 Å². The number of phenols is 1. The van der Waals surface area contributed by atoms with Gasteiger partial charge in [-0.1, -0.05) is 18.2 Å². The van der Waals surface area contributed by atoms with Crippen LogP contribution in [0.4, 0.5) is 0 Å². The van der Waals surface area contributed by atoms with E-state index in [1.165, 1.54) is 0 Å². The Morgan fingerprint density at radius 1 is 0.833 bits per heavy atom. The second kappa shape index (κ2) is 7.22. The molecule has 0 unspecified atom stereocenters. The van der Waals surface area contributed by atoms with Crippen molar-refractivity contribution in [2.75, 3.05) is 14.2 Å². The highest BCUT2D eigenvalue weighted by molar-refractivity contribution is 5.37. The van der Waals surface area contributed by atoms with E-state index >= 15 is 0 Å². The molecule has 0 saturated heterocycles. The van der Waals surface area contributed by atoms with Crippen molar-refractivity contribution in [2.45, 2.75) is 6.92 Å². The molecule has 0 amide bonds. The van der Waals surface area contributed by atoms with Gasteiger partial charge in [-0.2, -0.15) is 0 Å². The van der Waals surface area contributed by atoms with Gasteiger partial charge in [-0.25, -0.2) is 0 Å². The zero-order valence-corrected chi connectivity index (χ0v) is 10.9. The van der Waals surface area contributed by atoms with E-state index in [-0.39, 0.29) is 0 Å². The molecule has 3 nitrogen and oxygen atoms in total. The van der Waals surface area contributed by atoms with E-state index in [0.717, 1.165) is 17.1 Å². The second-order valence-electron chi connectivity index (χ2n) is 3.73. The van der Waals surface area contributed by atoms with Gasteiger partial charge < -0.3 is 14.6 Å². The molecule has 0 aliphatic rings. The molecule has 0 atom stereocenters. The Bertz CT molecular complexity index is 444. The normalized spacial score (nSPS) is 9.06. The Kier molecular flexibility index (Phi) is 5.58. The van der Waals surface area contributed by atoms with Gasteiger partial charge in [0.15, 0.2) is 0 Å². The third kappa shape index (κ3) is 4.78. The lowest BCUT2D eigenvalue weighted by atomic mass is 10.2. The number of benzene rings is 2. The maximum absolute atomic E-state index is 8.63. The van der Waals surface area contributed by atoms with E-state index in [9.17, 15) is 0 Å². The summed E-state index contributed by atoms with van der Waals surface area (Å²) >= 11 is 0. The number of rotatable bonds is 2. The lowest BCUT2D eigenvalue weighted by Gasteiger charge is -2.04. The summed E-state index contributed by atoms with van der Waals surface area (Å²) in [6.07, 6.45) is 0. The largest absolute Gasteiger partial charge is 0.508 e. The van der Waals surface area contributed by atoms with Gasteiger partial charge in [0.05, 0.1) is 14.2 Å². The van der Waals surface area contributed by atoms with Crippen LogP contribution < -0.4 is 9.47 Å². The van der Waals surface area contributed by atoms with Crippen molar-refractivity contribution in [1.82, 2.24) is 0 Å². The zero-order chi connectivity index (χ0) is 13.4. The maximum Gasteiger partial charge on any atom is 0.122 e. The first-order valence-corrected chi connectivity index (χ1v) is 5.59. The molecule has 0 fully saturated rings. The molecule has 2 aromatic carbocycles. The summed E-state index contributed by atoms with van der Waals surface area (Å²) in [5.41, 5.74) is 1.14. The summed E-state index contributed by atoms with van der Waals surface area (Å²) in [5, 5.41) is 8.63. The molecule has 0 bridgehead atoms. The molecule has 0 aromatic heterocycles. The molecule has 2 rings (SSSR count). The first-order valence-electron chi connectivity index (χ1n) is 5.59. The molecule has 3 heteroatoms. The van der Waals surface area contributed by atoms with Gasteiger partial charge in [0.2, 0.25) is 0 Å². The number of aromatic hydroxyl groups is 1. The minimum Gasteiger partial charge on any atom is -0.508 e. The van der Waals surface area contributed by atoms with Crippen LogP contribution in [-0.2, 0) is 0 Å². The summed E-state index contributed by atoms with van der Waals surface area (Å²) in [4.78, 5) is 0. The van der Waals surface area contributed by atoms with Gasteiger partial charge in [0.25, 0.3) is 0 Å². The van der Waals surface area contributed by atoms with Crippen LogP contribution in [0.25, 0.3) is 0 Å². The minimum absolute atomic E-state index is 0.322. The van der Waals surface area contributed by atoms with Crippen LogP contribution >= 0.6 is 0 Å². The Labute approximate surface area is 108 Å². The highest BCUT2D eigenvalue weighted by Gasteiger charge is 1.96. The minimum atomic E-state index is 0.322. The van der Waals surface area contributed by atoms with E-state index in [4.69, 9.17) is 14.6 Å². The van der Waals surface area contributed by atoms with Gasteiger partial charge in [0, 0.05) is 6.07 Å². The van der Waals surface area contributed by atoms with Crippen LogP contribution in [0, 0.1) is 6.92 Å². The molecular weight excluding hydrogens is 228 g/mol. The number of phenolic OH excluding ortho intramolecular Hbond substituents is 1. The number of aryl methyl sites for hydroxylation is 1. The first kappa shape index (κ1) is 13.9. The topological polar surface area (TPSA) is 38.7 Å². The molecule has 96 valence electrons. The van der Waals surface area contributed by atoms with Crippen molar-refractivity contribution >= 4 is 0 Å². The SMILES string of the molecule is COc1cc(C)cc(OC)c1.Oc1ccccc1. The van der Waals surface area contributed by atoms with Crippen molar-refractivity contribution in [1.29, 1.82) is 0 Å². The monoisotopic (exact) mass is 246 g/mol. The Balaban J connectivity index is 0.000000199. The summed E-state index contributed by atoms with van der Waals surface area (Å²) in [6.45, 7) is 2.00. The van der Waals surface area contributed by atoms with E-state index in [1.54, 1.807) is 38.5 Å². The fourth-order valence-corrected chi connectivity index (χ4v) is 1.38. The van der Waals surface area contributed by atoms with Crippen molar-refractivity contribution < 1.29 is 14.6 Å². The van der Waals surface area contributed by atoms with Crippen LogP contribution in [0.3, 0.4) is 0 Å². The third-order valence-corrected chi connectivity index (χ3v) is 2.25. The Hall–Kier alpha value is -2.16. The fourth-order valence-electron chi connectivity index (χ4n) is 1.38. The first-order chi connectivity index (χ1) is 8.65. The third-order valence-electron chi connectivity index (χ3n) is 2.25. The molecule has 0 saturated carbocycles. The van der Waals surface area contributed by atoms with E-state index in [0.29, 0.717) is 5.75 Å². The average molecular weight is 246 g/mol. The van der Waals surface area contributed by atoms with E-state index < -0.39 is 0 Å². The smallest absolute Gasteiger partial charge is 0.122 e. The molecule has 1 N–H and O–H groups in total. The standard InChI is InChI=1S/C9H12O2.C6H6O/c1-7-4-8(10-2)6-9(5-7)11-3;7-6-4-2-1-3-5-6/h4-6H,1-3H3;1-5,7H. The lowest BCUT2D eigenvalue weighted by Crippen LogP contribution is -1.87. The molecule has 0 aliphatic heterocycles. The predicted octanol–water partition coefficient (Wildman–Crippen LogP) is 3.40. The molecule has 0 heterocycles. The van der Waals surface area contributed by atoms with Crippen LogP contribution in [0.2, 0.25) is 0 Å². The summed E-state index contributed by atoms with van der Waals surface area (Å²) in [7, 11) is 3.29. The Morgan fingerprint density at radius 3 is 1.67 bits per heavy atom. The quantitative estimate of drug-likeness (QED) is 0.882. The van der Waals surface area contributed by atoms with E-state index in [2.05, 4.69) is 0 Å². The van der Waals surface area contributed by atoms with Crippen molar-refractivity contribution in [3.05, 3.63) is 54.1 Å². The number of hydrogen-bond acceptors (Lipinski definition) is 3. The van der Waals surface area contributed by atoms with Crippen LogP contribution in [-0.4, -0.2) is 19.3 Å². The predicted molar refractivity (Wildman–Crippen MR) is 72.4 cm³/mol. The highest BCUT2D eigenvalue weighted by atomic mass is 16.5.